The molecule has 1 N–H and O–H groups in total. The zero-order chi connectivity index (χ0) is 23.8. The molecule has 2 amide bonds. The fourth-order valence-electron chi connectivity index (χ4n) is 4.24. The van der Waals surface area contributed by atoms with Gasteiger partial charge in [-0.1, -0.05) is 29.8 Å². The molecule has 9 heteroatoms. The van der Waals surface area contributed by atoms with Crippen molar-refractivity contribution in [2.75, 3.05) is 20.2 Å². The van der Waals surface area contributed by atoms with Crippen molar-refractivity contribution in [3.05, 3.63) is 59.7 Å². The van der Waals surface area contributed by atoms with E-state index in [4.69, 9.17) is 4.74 Å². The number of methoxy groups -OCH3 is 1. The van der Waals surface area contributed by atoms with Crippen LogP contribution in [0.15, 0.2) is 53.4 Å². The van der Waals surface area contributed by atoms with E-state index in [2.05, 4.69) is 5.32 Å². The van der Waals surface area contributed by atoms with Crippen molar-refractivity contribution in [2.45, 2.75) is 49.7 Å². The Morgan fingerprint density at radius 3 is 2.33 bits per heavy atom. The molecule has 0 spiro atoms. The third-order valence-electron chi connectivity index (χ3n) is 6.27. The predicted octanol–water partition coefficient (Wildman–Crippen LogP) is 2.07. The highest BCUT2D eigenvalue weighted by molar-refractivity contribution is 7.89. The first-order valence-corrected chi connectivity index (χ1v) is 12.4. The summed E-state index contributed by atoms with van der Waals surface area (Å²) in [6, 6.07) is 13.8. The standard InChI is InChI=1S/C24H29N3O5S/c1-17-4-6-18(7-5-17)14-25-23(29)24(2)16-26(15-22(28)27(24)19-8-9-19)33(30,31)21-12-10-20(32-3)11-13-21/h4-7,10-13,19H,8-9,14-16H2,1-3H3,(H,25,29). The Kier molecular flexibility index (Phi) is 6.20. The molecular weight excluding hydrogens is 442 g/mol. The van der Waals surface area contributed by atoms with Crippen molar-refractivity contribution in [1.29, 1.82) is 0 Å². The monoisotopic (exact) mass is 471 g/mol. The molecule has 33 heavy (non-hydrogen) atoms. The number of sulfonamides is 1. The summed E-state index contributed by atoms with van der Waals surface area (Å²) in [6.45, 7) is 3.55. The molecule has 2 fully saturated rings. The molecule has 1 heterocycles. The van der Waals surface area contributed by atoms with E-state index in [9.17, 15) is 18.0 Å². The van der Waals surface area contributed by atoms with Crippen LogP contribution in [0.2, 0.25) is 0 Å². The average Bonchev–Trinajstić information content (AvgIpc) is 3.63. The number of piperazine rings is 1. The van der Waals surface area contributed by atoms with E-state index in [1.807, 2.05) is 31.2 Å². The minimum atomic E-state index is -3.97. The van der Waals surface area contributed by atoms with Crippen LogP contribution in [0, 0.1) is 6.92 Å². The van der Waals surface area contributed by atoms with Gasteiger partial charge in [-0.2, -0.15) is 4.31 Å². The number of rotatable bonds is 7. The highest BCUT2D eigenvalue weighted by Gasteiger charge is 2.54. The lowest BCUT2D eigenvalue weighted by Gasteiger charge is -2.47. The molecular formula is C24H29N3O5S. The smallest absolute Gasteiger partial charge is 0.247 e. The third-order valence-corrected chi connectivity index (χ3v) is 8.07. The molecule has 1 atom stereocenters. The molecule has 0 radical (unpaired) electrons. The van der Waals surface area contributed by atoms with Gasteiger partial charge in [-0.25, -0.2) is 8.42 Å². The van der Waals surface area contributed by atoms with Crippen molar-refractivity contribution in [3.63, 3.8) is 0 Å². The second-order valence-electron chi connectivity index (χ2n) is 8.89. The normalized spacial score (nSPS) is 21.7. The summed E-state index contributed by atoms with van der Waals surface area (Å²) >= 11 is 0. The third kappa shape index (κ3) is 4.60. The summed E-state index contributed by atoms with van der Waals surface area (Å²) < 4.78 is 32.9. The van der Waals surface area contributed by atoms with E-state index in [0.29, 0.717) is 12.3 Å². The molecule has 2 aromatic carbocycles. The maximum Gasteiger partial charge on any atom is 0.247 e. The molecule has 2 aromatic rings. The molecule has 176 valence electrons. The van der Waals surface area contributed by atoms with Gasteiger partial charge in [-0.15, -0.1) is 0 Å². The summed E-state index contributed by atoms with van der Waals surface area (Å²) in [5.74, 6) is -0.185. The summed E-state index contributed by atoms with van der Waals surface area (Å²) in [7, 11) is -2.47. The van der Waals surface area contributed by atoms with Gasteiger partial charge in [0, 0.05) is 19.1 Å². The summed E-state index contributed by atoms with van der Waals surface area (Å²) in [4.78, 5) is 28.2. The van der Waals surface area contributed by atoms with Crippen LogP contribution in [-0.4, -0.2) is 61.2 Å². The number of ether oxygens (including phenoxy) is 1. The van der Waals surface area contributed by atoms with Gasteiger partial charge in [0.15, 0.2) is 0 Å². The molecule has 1 aliphatic carbocycles. The fraction of sp³-hybridized carbons (Fsp3) is 0.417. The van der Waals surface area contributed by atoms with E-state index in [1.54, 1.807) is 24.0 Å². The molecule has 1 saturated carbocycles. The summed E-state index contributed by atoms with van der Waals surface area (Å²) in [5.41, 5.74) is 0.746. The van der Waals surface area contributed by atoms with E-state index in [1.165, 1.54) is 19.2 Å². The van der Waals surface area contributed by atoms with Crippen LogP contribution in [0.4, 0.5) is 0 Å². The molecule has 0 bridgehead atoms. The SMILES string of the molecule is COc1ccc(S(=O)(=O)N2CC(=O)N(C3CC3)C(C)(C(=O)NCc3ccc(C)cc3)C2)cc1. The minimum Gasteiger partial charge on any atom is -0.497 e. The van der Waals surface area contributed by atoms with Crippen LogP contribution in [0.25, 0.3) is 0 Å². The molecule has 1 aliphatic heterocycles. The van der Waals surface area contributed by atoms with Gasteiger partial charge in [-0.05, 0) is 56.5 Å². The minimum absolute atomic E-state index is 0.0292. The first-order valence-electron chi connectivity index (χ1n) is 11.0. The van der Waals surface area contributed by atoms with Gasteiger partial charge in [0.05, 0.1) is 18.6 Å². The highest BCUT2D eigenvalue weighted by atomic mass is 32.2. The lowest BCUT2D eigenvalue weighted by Crippen LogP contribution is -2.70. The molecule has 1 saturated heterocycles. The van der Waals surface area contributed by atoms with Crippen molar-refractivity contribution in [1.82, 2.24) is 14.5 Å². The second-order valence-corrected chi connectivity index (χ2v) is 10.8. The lowest BCUT2D eigenvalue weighted by molar-refractivity contribution is -0.153. The molecule has 1 unspecified atom stereocenters. The van der Waals surface area contributed by atoms with Crippen LogP contribution in [0.1, 0.15) is 30.9 Å². The van der Waals surface area contributed by atoms with Crippen LogP contribution < -0.4 is 10.1 Å². The zero-order valence-electron chi connectivity index (χ0n) is 19.1. The number of aryl methyl sites for hydroxylation is 1. The number of hydrogen-bond acceptors (Lipinski definition) is 5. The van der Waals surface area contributed by atoms with Crippen LogP contribution in [-0.2, 0) is 26.2 Å². The van der Waals surface area contributed by atoms with E-state index < -0.39 is 15.6 Å². The van der Waals surface area contributed by atoms with Gasteiger partial charge >= 0.3 is 0 Å². The number of amides is 2. The quantitative estimate of drug-likeness (QED) is 0.667. The molecule has 2 aliphatic rings. The van der Waals surface area contributed by atoms with Gasteiger partial charge in [-0.3, -0.25) is 9.59 Å². The molecule has 8 nitrogen and oxygen atoms in total. The van der Waals surface area contributed by atoms with E-state index in [-0.39, 0.29) is 35.8 Å². The first kappa shape index (κ1) is 23.3. The van der Waals surface area contributed by atoms with Crippen molar-refractivity contribution in [3.8, 4) is 5.75 Å². The second kappa shape index (κ2) is 8.79. The maximum atomic E-state index is 13.4. The Morgan fingerprint density at radius 1 is 1.12 bits per heavy atom. The van der Waals surface area contributed by atoms with Gasteiger partial charge in [0.25, 0.3) is 0 Å². The Balaban J connectivity index is 1.59. The summed E-state index contributed by atoms with van der Waals surface area (Å²) in [5, 5.41) is 2.92. The number of carbonyl (C=O) groups is 2. The van der Waals surface area contributed by atoms with Crippen LogP contribution in [0.5, 0.6) is 5.75 Å². The van der Waals surface area contributed by atoms with Crippen molar-refractivity contribution >= 4 is 21.8 Å². The van der Waals surface area contributed by atoms with Crippen molar-refractivity contribution < 1.29 is 22.7 Å². The van der Waals surface area contributed by atoms with Crippen LogP contribution in [0.3, 0.4) is 0 Å². The fourth-order valence-corrected chi connectivity index (χ4v) is 5.72. The number of nitrogens with one attached hydrogen (secondary N) is 1. The molecule has 0 aromatic heterocycles. The van der Waals surface area contributed by atoms with E-state index >= 15 is 0 Å². The Labute approximate surface area is 194 Å². The van der Waals surface area contributed by atoms with Crippen molar-refractivity contribution in [2.24, 2.45) is 0 Å². The van der Waals surface area contributed by atoms with Crippen LogP contribution >= 0.6 is 0 Å². The van der Waals surface area contributed by atoms with Gasteiger partial charge < -0.3 is 15.0 Å². The first-order chi connectivity index (χ1) is 15.6. The Bertz CT molecular complexity index is 1140. The summed E-state index contributed by atoms with van der Waals surface area (Å²) in [6.07, 6.45) is 1.63. The molecule has 4 rings (SSSR count). The average molecular weight is 472 g/mol. The Morgan fingerprint density at radius 2 is 1.76 bits per heavy atom. The Hall–Kier alpha value is -2.91. The highest BCUT2D eigenvalue weighted by Crippen LogP contribution is 2.37. The predicted molar refractivity (Wildman–Crippen MR) is 123 cm³/mol. The maximum absolute atomic E-state index is 13.4. The lowest BCUT2D eigenvalue weighted by atomic mass is 9.95. The van der Waals surface area contributed by atoms with Gasteiger partial charge in [0.1, 0.15) is 11.3 Å². The number of hydrogen-bond donors (Lipinski definition) is 1. The number of benzene rings is 2. The topological polar surface area (TPSA) is 96.0 Å². The van der Waals surface area contributed by atoms with E-state index in [0.717, 1.165) is 28.3 Å². The largest absolute Gasteiger partial charge is 0.497 e. The zero-order valence-corrected chi connectivity index (χ0v) is 19.9. The number of carbonyl (C=O) groups excluding carboxylic acids is 2. The number of nitrogens with zero attached hydrogens (tertiary/aromatic N) is 2. The van der Waals surface area contributed by atoms with Gasteiger partial charge in [0.2, 0.25) is 21.8 Å².